The number of carbonyl (C=O) groups excluding carboxylic acids is 2. The van der Waals surface area contributed by atoms with E-state index < -0.39 is 5.41 Å². The van der Waals surface area contributed by atoms with Crippen molar-refractivity contribution in [2.45, 2.75) is 33.1 Å². The molecule has 1 atom stereocenters. The molecule has 1 aliphatic rings. The molecule has 0 aromatic heterocycles. The van der Waals surface area contributed by atoms with Gasteiger partial charge in [0.05, 0.1) is 19.1 Å². The SMILES string of the molecule is CC(C)(C)C(=O)CNC(=O)C1CCOc2ccccc21. The van der Waals surface area contributed by atoms with Gasteiger partial charge in [-0.1, -0.05) is 39.0 Å². The molecule has 1 aliphatic heterocycles. The normalized spacial score (nSPS) is 17.9. The van der Waals surface area contributed by atoms with Crippen molar-refractivity contribution in [2.75, 3.05) is 13.2 Å². The first kappa shape index (κ1) is 14.6. The molecule has 0 fully saturated rings. The number of amides is 1. The topological polar surface area (TPSA) is 55.4 Å². The predicted molar refractivity (Wildman–Crippen MR) is 76.8 cm³/mol. The van der Waals surface area contributed by atoms with Crippen molar-refractivity contribution in [3.8, 4) is 5.75 Å². The van der Waals surface area contributed by atoms with Crippen molar-refractivity contribution >= 4 is 11.7 Å². The zero-order valence-electron chi connectivity index (χ0n) is 12.2. The van der Waals surface area contributed by atoms with Crippen molar-refractivity contribution < 1.29 is 14.3 Å². The summed E-state index contributed by atoms with van der Waals surface area (Å²) in [5.74, 6) is 0.471. The molecule has 4 nitrogen and oxygen atoms in total. The molecule has 1 unspecified atom stereocenters. The molecule has 0 aliphatic carbocycles. The first-order valence-corrected chi connectivity index (χ1v) is 6.92. The summed E-state index contributed by atoms with van der Waals surface area (Å²) in [4.78, 5) is 24.1. The standard InChI is InChI=1S/C16H21NO3/c1-16(2,3)14(18)10-17-15(19)12-8-9-20-13-7-5-4-6-11(12)13/h4-7,12H,8-10H2,1-3H3,(H,17,19). The third-order valence-electron chi connectivity index (χ3n) is 3.53. The molecule has 0 saturated carbocycles. The Hall–Kier alpha value is -1.84. The van der Waals surface area contributed by atoms with Crippen LogP contribution in [0.15, 0.2) is 24.3 Å². The lowest BCUT2D eigenvalue weighted by atomic mass is 9.90. The highest BCUT2D eigenvalue weighted by molar-refractivity contribution is 5.91. The van der Waals surface area contributed by atoms with E-state index >= 15 is 0 Å². The summed E-state index contributed by atoms with van der Waals surface area (Å²) in [6.45, 7) is 6.17. The van der Waals surface area contributed by atoms with Gasteiger partial charge in [-0.3, -0.25) is 9.59 Å². The lowest BCUT2D eigenvalue weighted by molar-refractivity contribution is -0.129. The van der Waals surface area contributed by atoms with Crippen molar-refractivity contribution in [2.24, 2.45) is 5.41 Å². The van der Waals surface area contributed by atoms with Crippen LogP contribution in [0.25, 0.3) is 0 Å². The Labute approximate surface area is 119 Å². The Balaban J connectivity index is 2.03. The van der Waals surface area contributed by atoms with E-state index in [2.05, 4.69) is 5.32 Å². The molecule has 1 aromatic rings. The number of ether oxygens (including phenoxy) is 1. The fraction of sp³-hybridized carbons (Fsp3) is 0.500. The summed E-state index contributed by atoms with van der Waals surface area (Å²) in [5.41, 5.74) is 0.473. The fourth-order valence-electron chi connectivity index (χ4n) is 2.17. The zero-order chi connectivity index (χ0) is 14.8. The minimum Gasteiger partial charge on any atom is -0.493 e. The Kier molecular flexibility index (Phi) is 4.12. The van der Waals surface area contributed by atoms with Crippen LogP contribution in [0, 0.1) is 5.41 Å². The highest BCUT2D eigenvalue weighted by Gasteiger charge is 2.28. The number of hydrogen-bond acceptors (Lipinski definition) is 3. The van der Waals surface area contributed by atoms with Crippen LogP contribution in [0.2, 0.25) is 0 Å². The molecule has 4 heteroatoms. The van der Waals surface area contributed by atoms with E-state index in [-0.39, 0.29) is 24.2 Å². The Morgan fingerprint density at radius 2 is 2.00 bits per heavy atom. The molecule has 1 heterocycles. The highest BCUT2D eigenvalue weighted by atomic mass is 16.5. The minimum absolute atomic E-state index is 0.0335. The smallest absolute Gasteiger partial charge is 0.228 e. The average molecular weight is 275 g/mol. The second kappa shape index (κ2) is 5.65. The number of para-hydroxylation sites is 1. The number of nitrogens with one attached hydrogen (secondary N) is 1. The van der Waals surface area contributed by atoms with Crippen LogP contribution in [0.5, 0.6) is 5.75 Å². The summed E-state index contributed by atoms with van der Waals surface area (Å²) >= 11 is 0. The minimum atomic E-state index is -0.430. The second-order valence-corrected chi connectivity index (χ2v) is 6.12. The van der Waals surface area contributed by atoms with Crippen molar-refractivity contribution in [3.63, 3.8) is 0 Å². The van der Waals surface area contributed by atoms with Crippen molar-refractivity contribution in [1.29, 1.82) is 0 Å². The molecular weight excluding hydrogens is 254 g/mol. The molecule has 0 bridgehead atoms. The van der Waals surface area contributed by atoms with Gasteiger partial charge >= 0.3 is 0 Å². The van der Waals surface area contributed by atoms with Crippen LogP contribution in [-0.4, -0.2) is 24.8 Å². The van der Waals surface area contributed by atoms with Gasteiger partial charge in [0.1, 0.15) is 5.75 Å². The van der Waals surface area contributed by atoms with Gasteiger partial charge in [0.2, 0.25) is 5.91 Å². The van der Waals surface area contributed by atoms with Gasteiger partial charge < -0.3 is 10.1 Å². The molecule has 0 saturated heterocycles. The van der Waals surface area contributed by atoms with Crippen LogP contribution in [0.1, 0.15) is 38.7 Å². The molecule has 1 N–H and O–H groups in total. The molecule has 0 spiro atoms. The molecule has 0 radical (unpaired) electrons. The van der Waals surface area contributed by atoms with Crippen LogP contribution >= 0.6 is 0 Å². The van der Waals surface area contributed by atoms with Crippen molar-refractivity contribution in [1.82, 2.24) is 5.32 Å². The molecule has 20 heavy (non-hydrogen) atoms. The van der Waals surface area contributed by atoms with Crippen LogP contribution in [0.3, 0.4) is 0 Å². The Morgan fingerprint density at radius 1 is 1.30 bits per heavy atom. The molecule has 1 amide bonds. The first-order chi connectivity index (χ1) is 9.39. The molecule has 108 valence electrons. The predicted octanol–water partition coefficient (Wildman–Crippen LogP) is 2.28. The third kappa shape index (κ3) is 3.18. The largest absolute Gasteiger partial charge is 0.493 e. The number of rotatable bonds is 3. The van der Waals surface area contributed by atoms with Gasteiger partial charge in [-0.2, -0.15) is 0 Å². The fourth-order valence-corrected chi connectivity index (χ4v) is 2.17. The average Bonchev–Trinajstić information content (AvgIpc) is 2.42. The Morgan fingerprint density at radius 3 is 2.70 bits per heavy atom. The van der Waals surface area contributed by atoms with Crippen LogP contribution in [0.4, 0.5) is 0 Å². The maximum atomic E-state index is 12.3. The number of carbonyl (C=O) groups is 2. The van der Waals surface area contributed by atoms with Gasteiger partial charge in [0.15, 0.2) is 5.78 Å². The summed E-state index contributed by atoms with van der Waals surface area (Å²) in [7, 11) is 0. The lowest BCUT2D eigenvalue weighted by Crippen LogP contribution is -2.39. The Bertz CT molecular complexity index is 517. The number of benzene rings is 1. The summed E-state index contributed by atoms with van der Waals surface area (Å²) in [5, 5.41) is 2.76. The maximum absolute atomic E-state index is 12.3. The van der Waals surface area contributed by atoms with E-state index in [1.165, 1.54) is 0 Å². The maximum Gasteiger partial charge on any atom is 0.228 e. The summed E-state index contributed by atoms with van der Waals surface area (Å²) < 4.78 is 5.54. The van der Waals surface area contributed by atoms with E-state index in [0.29, 0.717) is 13.0 Å². The van der Waals surface area contributed by atoms with E-state index in [1.807, 2.05) is 45.0 Å². The number of Topliss-reactive ketones (excluding diaryl/α,β-unsaturated/α-hetero) is 1. The molecular formula is C16H21NO3. The van der Waals surface area contributed by atoms with Gasteiger partial charge in [0.25, 0.3) is 0 Å². The van der Waals surface area contributed by atoms with Gasteiger partial charge in [-0.15, -0.1) is 0 Å². The van der Waals surface area contributed by atoms with Crippen LogP contribution in [-0.2, 0) is 9.59 Å². The summed E-state index contributed by atoms with van der Waals surface area (Å²) in [6.07, 6.45) is 0.645. The van der Waals surface area contributed by atoms with E-state index in [1.54, 1.807) is 0 Å². The number of fused-ring (bicyclic) bond motifs is 1. The van der Waals surface area contributed by atoms with Gasteiger partial charge in [-0.25, -0.2) is 0 Å². The molecule has 1 aromatic carbocycles. The number of ketones is 1. The monoisotopic (exact) mass is 275 g/mol. The van der Waals surface area contributed by atoms with E-state index in [4.69, 9.17) is 4.74 Å². The number of hydrogen-bond donors (Lipinski definition) is 1. The highest BCUT2D eigenvalue weighted by Crippen LogP contribution is 2.33. The summed E-state index contributed by atoms with van der Waals surface area (Å²) in [6, 6.07) is 7.57. The third-order valence-corrected chi connectivity index (χ3v) is 3.53. The zero-order valence-corrected chi connectivity index (χ0v) is 12.2. The van der Waals surface area contributed by atoms with Gasteiger partial charge in [-0.05, 0) is 12.5 Å². The second-order valence-electron chi connectivity index (χ2n) is 6.12. The quantitative estimate of drug-likeness (QED) is 0.920. The van der Waals surface area contributed by atoms with Gasteiger partial charge in [0, 0.05) is 11.0 Å². The van der Waals surface area contributed by atoms with E-state index in [0.717, 1.165) is 11.3 Å². The molecule has 2 rings (SSSR count). The lowest BCUT2D eigenvalue weighted by Gasteiger charge is -2.25. The van der Waals surface area contributed by atoms with E-state index in [9.17, 15) is 9.59 Å². The van der Waals surface area contributed by atoms with Crippen molar-refractivity contribution in [3.05, 3.63) is 29.8 Å². The first-order valence-electron chi connectivity index (χ1n) is 6.92. The van der Waals surface area contributed by atoms with Crippen LogP contribution < -0.4 is 10.1 Å².